The van der Waals surface area contributed by atoms with E-state index in [0.717, 1.165) is 28.4 Å². The molecular formula is C24H30N4O4S. The van der Waals surface area contributed by atoms with E-state index < -0.39 is 17.1 Å². The van der Waals surface area contributed by atoms with E-state index in [1.54, 1.807) is 18.1 Å². The van der Waals surface area contributed by atoms with Gasteiger partial charge in [0.15, 0.2) is 0 Å². The van der Waals surface area contributed by atoms with Crippen LogP contribution in [0.3, 0.4) is 0 Å². The number of carbonyl (C=O) groups is 1. The number of thioether (sulfide) groups is 1. The van der Waals surface area contributed by atoms with Gasteiger partial charge in [0.2, 0.25) is 5.91 Å². The van der Waals surface area contributed by atoms with E-state index in [2.05, 4.69) is 15.2 Å². The van der Waals surface area contributed by atoms with Gasteiger partial charge in [-0.15, -0.1) is 11.8 Å². The number of ether oxygens (including phenoxy) is 1. The normalized spacial score (nSPS) is 26.9. The number of aromatic nitrogens is 1. The lowest BCUT2D eigenvalue weighted by Gasteiger charge is -2.27. The summed E-state index contributed by atoms with van der Waals surface area (Å²) in [6.07, 6.45) is 1.85. The number of rotatable bonds is 5. The molecular weight excluding hydrogens is 440 g/mol. The molecule has 3 aliphatic heterocycles. The van der Waals surface area contributed by atoms with Gasteiger partial charge < -0.3 is 24.7 Å². The van der Waals surface area contributed by atoms with E-state index in [-0.39, 0.29) is 11.8 Å². The number of benzene rings is 1. The predicted molar refractivity (Wildman–Crippen MR) is 127 cm³/mol. The summed E-state index contributed by atoms with van der Waals surface area (Å²) in [7, 11) is 3.77. The Balaban J connectivity index is 1.37. The van der Waals surface area contributed by atoms with E-state index in [4.69, 9.17) is 4.74 Å². The lowest BCUT2D eigenvalue weighted by atomic mass is 9.99. The number of likely N-dealkylation sites (N-methyl/N-ethyl adjacent to an activating group) is 2. The zero-order valence-corrected chi connectivity index (χ0v) is 19.9. The second kappa shape index (κ2) is 8.47. The van der Waals surface area contributed by atoms with Crippen LogP contribution in [0, 0.1) is 0 Å². The van der Waals surface area contributed by atoms with E-state index >= 15 is 0 Å². The third-order valence-electron chi connectivity index (χ3n) is 6.87. The summed E-state index contributed by atoms with van der Waals surface area (Å²) in [5, 5.41) is 23.1. The van der Waals surface area contributed by atoms with Crippen LogP contribution in [-0.2, 0) is 11.2 Å². The molecule has 4 atom stereocenters. The van der Waals surface area contributed by atoms with Gasteiger partial charge in [-0.05, 0) is 32.0 Å². The quantitative estimate of drug-likeness (QED) is 0.571. The van der Waals surface area contributed by atoms with Gasteiger partial charge in [0.05, 0.1) is 16.7 Å². The van der Waals surface area contributed by atoms with Crippen LogP contribution in [0.1, 0.15) is 30.5 Å². The van der Waals surface area contributed by atoms with E-state index in [1.165, 1.54) is 11.8 Å². The largest absolute Gasteiger partial charge is 0.456 e. The van der Waals surface area contributed by atoms with Crippen molar-refractivity contribution >= 4 is 23.4 Å². The first-order valence-electron chi connectivity index (χ1n) is 11.3. The Morgan fingerprint density at radius 1 is 1.36 bits per heavy atom. The zero-order valence-electron chi connectivity index (χ0n) is 19.1. The number of nitrogens with one attached hydrogen (secondary N) is 1. The van der Waals surface area contributed by atoms with Crippen LogP contribution in [0.15, 0.2) is 35.4 Å². The van der Waals surface area contributed by atoms with Gasteiger partial charge in [0.25, 0.3) is 0 Å². The molecule has 0 saturated carbocycles. The molecule has 1 saturated heterocycles. The van der Waals surface area contributed by atoms with Crippen molar-refractivity contribution < 1.29 is 19.7 Å². The first-order chi connectivity index (χ1) is 15.8. The van der Waals surface area contributed by atoms with E-state index in [0.29, 0.717) is 37.4 Å². The smallest absolute Gasteiger partial charge is 0.239 e. The van der Waals surface area contributed by atoms with Crippen molar-refractivity contribution in [1.82, 2.24) is 15.2 Å². The van der Waals surface area contributed by atoms with Crippen molar-refractivity contribution in [2.24, 2.45) is 0 Å². The number of carbonyl (C=O) groups excluding carboxylic acids is 1. The highest BCUT2D eigenvalue weighted by atomic mass is 32.2. The maximum atomic E-state index is 13.2. The number of amides is 1. The molecule has 5 rings (SSSR count). The monoisotopic (exact) mass is 470 g/mol. The summed E-state index contributed by atoms with van der Waals surface area (Å²) >= 11 is 1.50. The molecule has 0 spiro atoms. The summed E-state index contributed by atoms with van der Waals surface area (Å²) in [6, 6.07) is 7.78. The fourth-order valence-corrected chi connectivity index (χ4v) is 6.40. The highest BCUT2D eigenvalue weighted by molar-refractivity contribution is 8.01. The number of likely N-dealkylation sites (tertiary alicyclic amines) is 1. The molecule has 3 aliphatic rings. The Kier molecular flexibility index (Phi) is 5.76. The molecule has 1 unspecified atom stereocenters. The summed E-state index contributed by atoms with van der Waals surface area (Å²) < 4.78 is 5.64. The molecule has 9 heteroatoms. The first-order valence-corrected chi connectivity index (χ1v) is 12.1. The topological polar surface area (TPSA) is 98.2 Å². The Hall–Kier alpha value is -2.33. The van der Waals surface area contributed by atoms with Crippen LogP contribution in [0.2, 0.25) is 0 Å². The van der Waals surface area contributed by atoms with E-state index in [1.807, 2.05) is 38.2 Å². The minimum absolute atomic E-state index is 0.000559. The Morgan fingerprint density at radius 3 is 2.91 bits per heavy atom. The molecule has 1 fully saturated rings. The Labute approximate surface area is 197 Å². The number of hydrogen-bond acceptors (Lipinski definition) is 8. The average molecular weight is 471 g/mol. The number of hydrogen-bond donors (Lipinski definition) is 3. The minimum atomic E-state index is -0.659. The van der Waals surface area contributed by atoms with Gasteiger partial charge in [-0.2, -0.15) is 0 Å². The SMILES string of the molecule is CN[C@H](O)[C@H]1CN(C)c2cc(Oc3ccnc4c3SC(C)(C(=O)N3CC[C@@H](O)C3)C4)ccc21. The number of nitrogens with zero attached hydrogens (tertiary/aromatic N) is 3. The number of fused-ring (bicyclic) bond motifs is 2. The van der Waals surface area contributed by atoms with Crippen molar-refractivity contribution in [2.45, 2.75) is 47.7 Å². The third kappa shape index (κ3) is 3.97. The maximum Gasteiger partial charge on any atom is 0.239 e. The van der Waals surface area contributed by atoms with Crippen molar-refractivity contribution in [1.29, 1.82) is 0 Å². The second-order valence-electron chi connectivity index (χ2n) is 9.33. The van der Waals surface area contributed by atoms with Gasteiger partial charge in [0, 0.05) is 63.0 Å². The van der Waals surface area contributed by atoms with Crippen LogP contribution in [0.25, 0.3) is 0 Å². The second-order valence-corrected chi connectivity index (χ2v) is 10.8. The molecule has 33 heavy (non-hydrogen) atoms. The van der Waals surface area contributed by atoms with Gasteiger partial charge >= 0.3 is 0 Å². The molecule has 0 bridgehead atoms. The molecule has 8 nitrogen and oxygen atoms in total. The fraction of sp³-hybridized carbons (Fsp3) is 0.500. The summed E-state index contributed by atoms with van der Waals surface area (Å²) in [5.74, 6) is 1.44. The third-order valence-corrected chi connectivity index (χ3v) is 8.28. The number of aliphatic hydroxyl groups excluding tert-OH is 2. The molecule has 1 aromatic carbocycles. The van der Waals surface area contributed by atoms with Gasteiger partial charge in [0.1, 0.15) is 22.5 Å². The maximum absolute atomic E-state index is 13.2. The van der Waals surface area contributed by atoms with E-state index in [9.17, 15) is 15.0 Å². The summed E-state index contributed by atoms with van der Waals surface area (Å²) in [5.41, 5.74) is 2.99. The number of β-amino-alcohol motifs (C(OH)–C–C–N with tert-alkyl or cyclic N) is 1. The van der Waals surface area contributed by atoms with Crippen LogP contribution < -0.4 is 15.0 Å². The molecule has 2 aromatic rings. The van der Waals surface area contributed by atoms with Gasteiger partial charge in [-0.3, -0.25) is 15.1 Å². The first kappa shape index (κ1) is 22.5. The van der Waals surface area contributed by atoms with Crippen LogP contribution in [0.5, 0.6) is 11.5 Å². The zero-order chi connectivity index (χ0) is 23.3. The number of anilines is 1. The van der Waals surface area contributed by atoms with Crippen molar-refractivity contribution in [2.75, 3.05) is 38.6 Å². The molecule has 4 heterocycles. The Morgan fingerprint density at radius 2 is 2.18 bits per heavy atom. The summed E-state index contributed by atoms with van der Waals surface area (Å²) in [4.78, 5) is 22.5. The minimum Gasteiger partial charge on any atom is -0.456 e. The molecule has 0 aliphatic carbocycles. The van der Waals surface area contributed by atoms with Crippen molar-refractivity contribution in [3.63, 3.8) is 0 Å². The van der Waals surface area contributed by atoms with Crippen molar-refractivity contribution in [3.8, 4) is 11.5 Å². The molecule has 3 N–H and O–H groups in total. The van der Waals surface area contributed by atoms with Crippen molar-refractivity contribution in [3.05, 3.63) is 41.7 Å². The predicted octanol–water partition coefficient (Wildman–Crippen LogP) is 1.95. The lowest BCUT2D eigenvalue weighted by Crippen LogP contribution is -2.44. The molecule has 1 aromatic heterocycles. The lowest BCUT2D eigenvalue weighted by molar-refractivity contribution is -0.132. The fourth-order valence-electron chi connectivity index (χ4n) is 5.07. The number of pyridine rings is 1. The summed E-state index contributed by atoms with van der Waals surface area (Å²) in [6.45, 7) is 3.67. The highest BCUT2D eigenvalue weighted by Crippen LogP contribution is 2.50. The van der Waals surface area contributed by atoms with Crippen LogP contribution in [0.4, 0.5) is 5.69 Å². The molecule has 176 valence electrons. The van der Waals surface area contributed by atoms with Crippen LogP contribution in [-0.4, -0.2) is 76.8 Å². The highest BCUT2D eigenvalue weighted by Gasteiger charge is 2.46. The standard InChI is InChI=1S/C24H30N4O4S/c1-24(23(31)28-9-7-14(29)12-28)11-18-21(33-24)20(6-8-26-18)32-15-4-5-16-17(22(30)25-2)13-27(3)19(16)10-15/h4-6,8,10,14,17,22,25,29-30H,7,9,11-13H2,1-3H3/t14-,17+,22-,24?/m1/s1. The van der Waals surface area contributed by atoms with Gasteiger partial charge in [-0.25, -0.2) is 0 Å². The van der Waals surface area contributed by atoms with Gasteiger partial charge in [-0.1, -0.05) is 6.07 Å². The Bertz CT molecular complexity index is 1080. The number of aliphatic hydroxyl groups is 2. The molecule has 0 radical (unpaired) electrons. The molecule has 1 amide bonds. The average Bonchev–Trinajstić information content (AvgIpc) is 3.48. The van der Waals surface area contributed by atoms with Crippen LogP contribution >= 0.6 is 11.8 Å².